The van der Waals surface area contributed by atoms with E-state index in [1.165, 1.54) is 11.3 Å². The van der Waals surface area contributed by atoms with Crippen LogP contribution in [0, 0.1) is 5.41 Å². The van der Waals surface area contributed by atoms with Gasteiger partial charge in [-0.1, -0.05) is 25.4 Å². The number of hydrogen-bond acceptors (Lipinski definition) is 4. The maximum Gasteiger partial charge on any atom is 0.273 e. The Hall–Kier alpha value is -1.14. The molecule has 2 saturated heterocycles. The molecule has 0 radical (unpaired) electrons. The van der Waals surface area contributed by atoms with E-state index in [4.69, 9.17) is 11.6 Å². The van der Waals surface area contributed by atoms with E-state index in [1.54, 1.807) is 6.92 Å². The number of piperidine rings is 1. The molecule has 3 rings (SSSR count). The van der Waals surface area contributed by atoms with E-state index in [1.807, 2.05) is 9.80 Å². The largest absolute Gasteiger partial charge is 0.343 e. The number of likely N-dealkylation sites (tertiary alicyclic amines) is 2. The summed E-state index contributed by atoms with van der Waals surface area (Å²) in [7, 11) is 0. The van der Waals surface area contributed by atoms with Gasteiger partial charge in [0.1, 0.15) is 5.69 Å². The van der Waals surface area contributed by atoms with E-state index in [0.29, 0.717) is 10.2 Å². The van der Waals surface area contributed by atoms with Crippen LogP contribution in [0.3, 0.4) is 0 Å². The van der Waals surface area contributed by atoms with Gasteiger partial charge in [0.2, 0.25) is 5.91 Å². The van der Waals surface area contributed by atoms with Crippen LogP contribution in [0.4, 0.5) is 0 Å². The monoisotopic (exact) mass is 355 g/mol. The molecule has 5 nitrogen and oxygen atoms in total. The fourth-order valence-electron chi connectivity index (χ4n) is 3.52. The molecule has 0 atom stereocenters. The summed E-state index contributed by atoms with van der Waals surface area (Å²) in [6.07, 6.45) is 1.95. The molecule has 1 spiro atoms. The highest BCUT2D eigenvalue weighted by Crippen LogP contribution is 2.42. The highest BCUT2D eigenvalue weighted by Gasteiger charge is 2.47. The van der Waals surface area contributed by atoms with Gasteiger partial charge in [0.05, 0.1) is 0 Å². The fraction of sp³-hybridized carbons (Fsp3) is 0.688. The van der Waals surface area contributed by atoms with Crippen molar-refractivity contribution < 1.29 is 9.59 Å². The lowest BCUT2D eigenvalue weighted by atomic mass is 9.72. The topological polar surface area (TPSA) is 53.5 Å². The van der Waals surface area contributed by atoms with Crippen molar-refractivity contribution in [3.8, 4) is 0 Å². The summed E-state index contributed by atoms with van der Waals surface area (Å²) < 4.78 is 0.432. The van der Waals surface area contributed by atoms with Gasteiger partial charge in [0.15, 0.2) is 4.47 Å². The molecule has 3 heterocycles. The van der Waals surface area contributed by atoms with Gasteiger partial charge in [-0.2, -0.15) is 0 Å². The number of halogens is 1. The number of carbonyl (C=O) groups excluding carboxylic acids is 2. The summed E-state index contributed by atoms with van der Waals surface area (Å²) in [5.41, 5.74) is 0.713. The molecule has 0 bridgehead atoms. The van der Waals surface area contributed by atoms with Crippen molar-refractivity contribution in [2.75, 3.05) is 26.2 Å². The fourth-order valence-corrected chi connectivity index (χ4v) is 4.64. The zero-order chi connectivity index (χ0) is 16.8. The normalized spacial score (nSPS) is 20.0. The third-order valence-electron chi connectivity index (χ3n) is 4.96. The number of carbonyl (C=O) groups is 2. The van der Waals surface area contributed by atoms with E-state index in [9.17, 15) is 9.59 Å². The minimum atomic E-state index is -0.00327. The molecule has 0 saturated carbocycles. The van der Waals surface area contributed by atoms with Gasteiger partial charge >= 0.3 is 0 Å². The van der Waals surface area contributed by atoms with Crippen molar-refractivity contribution in [1.29, 1.82) is 0 Å². The third kappa shape index (κ3) is 3.11. The summed E-state index contributed by atoms with van der Waals surface area (Å²) in [6, 6.07) is 0. The van der Waals surface area contributed by atoms with Gasteiger partial charge in [-0.05, 0) is 18.8 Å². The van der Waals surface area contributed by atoms with E-state index >= 15 is 0 Å². The average molecular weight is 356 g/mol. The molecule has 0 aliphatic carbocycles. The molecular formula is C16H22ClN3O2S. The van der Waals surface area contributed by atoms with Crippen molar-refractivity contribution in [2.24, 2.45) is 5.41 Å². The first-order chi connectivity index (χ1) is 10.8. The first kappa shape index (κ1) is 16.7. The van der Waals surface area contributed by atoms with Gasteiger partial charge in [-0.25, -0.2) is 4.98 Å². The van der Waals surface area contributed by atoms with Crippen LogP contribution in [0.2, 0.25) is 4.47 Å². The van der Waals surface area contributed by atoms with Crippen LogP contribution in [0.1, 0.15) is 54.9 Å². The SMILES string of the molecule is CC(=O)N1CCC2(CC1)CN(C(=O)c1nc(Cl)sc1C(C)C)C2. The second-order valence-electron chi connectivity index (χ2n) is 7.00. The van der Waals surface area contributed by atoms with Gasteiger partial charge in [-0.3, -0.25) is 9.59 Å². The van der Waals surface area contributed by atoms with E-state index in [0.717, 1.165) is 43.9 Å². The third-order valence-corrected chi connectivity index (χ3v) is 6.42. The standard InChI is InChI=1S/C16H22ClN3O2S/c1-10(2)13-12(18-15(17)23-13)14(22)20-8-16(9-20)4-6-19(7-5-16)11(3)21/h10H,4-9H2,1-3H3. The molecule has 2 fully saturated rings. The zero-order valence-electron chi connectivity index (χ0n) is 13.8. The first-order valence-corrected chi connectivity index (χ1v) is 9.22. The van der Waals surface area contributed by atoms with Crippen molar-refractivity contribution in [1.82, 2.24) is 14.8 Å². The second-order valence-corrected chi connectivity index (χ2v) is 8.61. The molecular weight excluding hydrogens is 334 g/mol. The van der Waals surface area contributed by atoms with Crippen molar-refractivity contribution in [3.63, 3.8) is 0 Å². The van der Waals surface area contributed by atoms with Crippen LogP contribution in [0.5, 0.6) is 0 Å². The number of thiazole rings is 1. The Labute approximate surface area is 145 Å². The van der Waals surface area contributed by atoms with Crippen LogP contribution in [0.15, 0.2) is 0 Å². The number of rotatable bonds is 2. The van der Waals surface area contributed by atoms with E-state index in [-0.39, 0.29) is 23.1 Å². The van der Waals surface area contributed by atoms with E-state index in [2.05, 4.69) is 18.8 Å². The first-order valence-electron chi connectivity index (χ1n) is 8.02. The van der Waals surface area contributed by atoms with Crippen LogP contribution < -0.4 is 0 Å². The minimum Gasteiger partial charge on any atom is -0.343 e. The molecule has 126 valence electrons. The zero-order valence-corrected chi connectivity index (χ0v) is 15.3. The lowest BCUT2D eigenvalue weighted by Gasteiger charge is -2.53. The Balaban J connectivity index is 1.64. The Kier molecular flexibility index (Phi) is 4.40. The van der Waals surface area contributed by atoms with Crippen molar-refractivity contribution >= 4 is 34.8 Å². The van der Waals surface area contributed by atoms with Crippen molar-refractivity contribution in [3.05, 3.63) is 15.0 Å². The highest BCUT2D eigenvalue weighted by atomic mass is 35.5. The molecule has 1 aromatic heterocycles. The van der Waals surface area contributed by atoms with Crippen molar-refractivity contribution in [2.45, 2.75) is 39.5 Å². The predicted octanol–water partition coefficient (Wildman–Crippen LogP) is 3.00. The maximum atomic E-state index is 12.7. The second kappa shape index (κ2) is 6.06. The Morgan fingerprint density at radius 3 is 2.35 bits per heavy atom. The molecule has 2 amide bonds. The molecule has 0 aromatic carbocycles. The van der Waals surface area contributed by atoms with Crippen LogP contribution in [-0.4, -0.2) is 52.8 Å². The molecule has 2 aliphatic heterocycles. The number of hydrogen-bond donors (Lipinski definition) is 0. The molecule has 7 heteroatoms. The van der Waals surface area contributed by atoms with Crippen LogP contribution >= 0.6 is 22.9 Å². The molecule has 0 N–H and O–H groups in total. The minimum absolute atomic E-state index is 0.00327. The highest BCUT2D eigenvalue weighted by molar-refractivity contribution is 7.16. The molecule has 23 heavy (non-hydrogen) atoms. The Morgan fingerprint density at radius 2 is 1.83 bits per heavy atom. The smallest absolute Gasteiger partial charge is 0.273 e. The Bertz CT molecular complexity index is 627. The van der Waals surface area contributed by atoms with Gasteiger partial charge < -0.3 is 9.80 Å². The van der Waals surface area contributed by atoms with Crippen LogP contribution in [0.25, 0.3) is 0 Å². The summed E-state index contributed by atoms with van der Waals surface area (Å²) in [5, 5.41) is 0. The van der Waals surface area contributed by atoms with Gasteiger partial charge in [-0.15, -0.1) is 11.3 Å². The lowest BCUT2D eigenvalue weighted by Crippen LogP contribution is -2.62. The predicted molar refractivity (Wildman–Crippen MR) is 91.0 cm³/mol. The summed E-state index contributed by atoms with van der Waals surface area (Å²) in [6.45, 7) is 8.86. The Morgan fingerprint density at radius 1 is 1.22 bits per heavy atom. The maximum absolute atomic E-state index is 12.7. The number of aromatic nitrogens is 1. The molecule has 2 aliphatic rings. The molecule has 1 aromatic rings. The summed E-state index contributed by atoms with van der Waals surface area (Å²) >= 11 is 7.40. The van der Waals surface area contributed by atoms with E-state index < -0.39 is 0 Å². The summed E-state index contributed by atoms with van der Waals surface area (Å²) in [5.74, 6) is 0.385. The quantitative estimate of drug-likeness (QED) is 0.819. The van der Waals surface area contributed by atoms with Gasteiger partial charge in [0.25, 0.3) is 5.91 Å². The average Bonchev–Trinajstić information content (AvgIpc) is 2.86. The van der Waals surface area contributed by atoms with Crippen LogP contribution in [-0.2, 0) is 4.79 Å². The molecule has 0 unspecified atom stereocenters. The number of nitrogens with zero attached hydrogens (tertiary/aromatic N) is 3. The summed E-state index contributed by atoms with van der Waals surface area (Å²) in [4.78, 5) is 33.1. The number of amides is 2. The van der Waals surface area contributed by atoms with Gasteiger partial charge in [0, 0.05) is 43.4 Å². The lowest BCUT2D eigenvalue weighted by molar-refractivity contribution is -0.133.